The first kappa shape index (κ1) is 24.7. The van der Waals surface area contributed by atoms with Crippen molar-refractivity contribution >= 4 is 29.9 Å². The number of methoxy groups -OCH3 is 1. The summed E-state index contributed by atoms with van der Waals surface area (Å²) in [6, 6.07) is 3.19. The maximum atomic E-state index is 13.8. The molecule has 0 aliphatic carbocycles. The van der Waals surface area contributed by atoms with Crippen LogP contribution >= 0.6 is 24.0 Å². The summed E-state index contributed by atoms with van der Waals surface area (Å²) in [7, 11) is 1.40. The highest BCUT2D eigenvalue weighted by atomic mass is 127. The Hall–Kier alpha value is -1.30. The molecule has 2 rings (SSSR count). The Morgan fingerprint density at radius 1 is 1.25 bits per heavy atom. The first-order chi connectivity index (χ1) is 12.8. The molecule has 0 radical (unpaired) electrons. The quantitative estimate of drug-likeness (QED) is 0.281. The second-order valence-corrected chi connectivity index (χ2v) is 6.38. The second kappa shape index (κ2) is 11.0. The highest BCUT2D eigenvalue weighted by molar-refractivity contribution is 14.0. The van der Waals surface area contributed by atoms with Crippen LogP contribution in [-0.2, 0) is 6.54 Å². The van der Waals surface area contributed by atoms with Crippen LogP contribution in [0.25, 0.3) is 0 Å². The molecule has 0 saturated carbocycles. The Morgan fingerprint density at radius 3 is 2.39 bits per heavy atom. The Labute approximate surface area is 180 Å². The number of hydrogen-bond donors (Lipinski definition) is 1. The number of piperazine rings is 1. The molecule has 0 bridgehead atoms. The summed E-state index contributed by atoms with van der Waals surface area (Å²) in [5, 5.41) is 3.15. The third kappa shape index (κ3) is 6.64. The van der Waals surface area contributed by atoms with Gasteiger partial charge in [0.15, 0.2) is 17.5 Å². The smallest absolute Gasteiger partial charge is 0.403 e. The number of aliphatic imine (C=N–C) groups is 1. The molecule has 1 aromatic carbocycles. The van der Waals surface area contributed by atoms with E-state index in [2.05, 4.69) is 10.3 Å². The van der Waals surface area contributed by atoms with Crippen LogP contribution in [0, 0.1) is 5.82 Å². The zero-order chi connectivity index (χ0) is 20.0. The van der Waals surface area contributed by atoms with Crippen molar-refractivity contribution in [3.05, 3.63) is 29.6 Å². The number of ether oxygens (including phenoxy) is 1. The zero-order valence-electron chi connectivity index (χ0n) is 16.2. The van der Waals surface area contributed by atoms with Crippen LogP contribution in [0.2, 0.25) is 0 Å². The van der Waals surface area contributed by atoms with Gasteiger partial charge >= 0.3 is 6.18 Å². The molecule has 0 spiro atoms. The van der Waals surface area contributed by atoms with Gasteiger partial charge < -0.3 is 15.0 Å². The number of nitrogens with one attached hydrogen (secondary N) is 1. The summed E-state index contributed by atoms with van der Waals surface area (Å²) >= 11 is 0. The van der Waals surface area contributed by atoms with Gasteiger partial charge in [-0.15, -0.1) is 24.0 Å². The summed E-state index contributed by atoms with van der Waals surface area (Å²) < 4.78 is 57.3. The average Bonchev–Trinajstić information content (AvgIpc) is 2.64. The normalized spacial score (nSPS) is 17.1. The van der Waals surface area contributed by atoms with Crippen LogP contribution in [0.1, 0.15) is 19.4 Å². The van der Waals surface area contributed by atoms with Gasteiger partial charge in [0, 0.05) is 32.7 Å². The third-order valence-electron chi connectivity index (χ3n) is 4.60. The summed E-state index contributed by atoms with van der Waals surface area (Å²) in [5.41, 5.74) is 0.688. The number of guanidine groups is 1. The molecule has 1 unspecified atom stereocenters. The van der Waals surface area contributed by atoms with Crippen LogP contribution in [0.4, 0.5) is 17.6 Å². The van der Waals surface area contributed by atoms with E-state index >= 15 is 0 Å². The fourth-order valence-corrected chi connectivity index (χ4v) is 2.93. The van der Waals surface area contributed by atoms with Gasteiger partial charge in [-0.3, -0.25) is 4.90 Å². The Morgan fingerprint density at radius 2 is 1.89 bits per heavy atom. The van der Waals surface area contributed by atoms with Crippen LogP contribution in [0.3, 0.4) is 0 Å². The maximum Gasteiger partial charge on any atom is 0.403 e. The number of alkyl halides is 3. The number of nitrogens with zero attached hydrogens (tertiary/aromatic N) is 3. The Bertz CT molecular complexity index is 649. The molecular weight excluding hydrogens is 491 g/mol. The predicted molar refractivity (Wildman–Crippen MR) is 112 cm³/mol. The van der Waals surface area contributed by atoms with Crippen molar-refractivity contribution in [2.24, 2.45) is 4.99 Å². The lowest BCUT2D eigenvalue weighted by atomic mass is 10.2. The lowest BCUT2D eigenvalue weighted by molar-refractivity contribution is -0.181. The van der Waals surface area contributed by atoms with Gasteiger partial charge in [-0.25, -0.2) is 9.38 Å². The summed E-state index contributed by atoms with van der Waals surface area (Å²) in [6.45, 7) is 5.52. The fraction of sp³-hybridized carbons (Fsp3) is 0.611. The SMILES string of the molecule is CCNC(=NCc1ccc(OC)c(F)c1)N1CCN(C(C)C(F)(F)F)CC1.I. The van der Waals surface area contributed by atoms with Gasteiger partial charge in [-0.1, -0.05) is 6.07 Å². The standard InChI is InChI=1S/C18H26F4N4O.HI/c1-4-23-17(24-12-14-5-6-16(27-3)15(19)11-14)26-9-7-25(8-10-26)13(2)18(20,21)22;/h5-6,11,13H,4,7-10,12H2,1-3H3,(H,23,24);1H. The molecule has 1 aromatic rings. The van der Waals surface area contributed by atoms with Gasteiger partial charge in [-0.2, -0.15) is 13.2 Å². The van der Waals surface area contributed by atoms with E-state index < -0.39 is 18.0 Å². The summed E-state index contributed by atoms with van der Waals surface area (Å²) in [6.07, 6.45) is -4.22. The number of rotatable bonds is 5. The molecule has 0 aromatic heterocycles. The lowest BCUT2D eigenvalue weighted by Gasteiger charge is -2.39. The van der Waals surface area contributed by atoms with E-state index in [-0.39, 0.29) is 36.3 Å². The molecular formula is C18H27F4IN4O. The van der Waals surface area contributed by atoms with E-state index in [1.54, 1.807) is 12.1 Å². The first-order valence-corrected chi connectivity index (χ1v) is 8.92. The minimum absolute atomic E-state index is 0. The summed E-state index contributed by atoms with van der Waals surface area (Å²) in [5.74, 6) is 0.336. The molecule has 0 amide bonds. The van der Waals surface area contributed by atoms with Crippen molar-refractivity contribution in [2.75, 3.05) is 39.8 Å². The average molecular weight is 518 g/mol. The van der Waals surface area contributed by atoms with E-state index in [1.807, 2.05) is 11.8 Å². The van der Waals surface area contributed by atoms with E-state index in [0.717, 1.165) is 0 Å². The minimum Gasteiger partial charge on any atom is -0.494 e. The van der Waals surface area contributed by atoms with Crippen LogP contribution in [0.15, 0.2) is 23.2 Å². The van der Waals surface area contributed by atoms with Gasteiger partial charge in [0.05, 0.1) is 13.7 Å². The molecule has 10 heteroatoms. The number of hydrogen-bond acceptors (Lipinski definition) is 3. The molecule has 1 aliphatic rings. The van der Waals surface area contributed by atoms with E-state index in [4.69, 9.17) is 4.74 Å². The van der Waals surface area contributed by atoms with Gasteiger partial charge in [0.1, 0.15) is 6.04 Å². The molecule has 1 heterocycles. The summed E-state index contributed by atoms with van der Waals surface area (Å²) in [4.78, 5) is 7.87. The molecule has 1 saturated heterocycles. The predicted octanol–water partition coefficient (Wildman–Crippen LogP) is 3.49. The molecule has 1 N–H and O–H groups in total. The van der Waals surface area contributed by atoms with Crippen LogP contribution in [0.5, 0.6) is 5.75 Å². The first-order valence-electron chi connectivity index (χ1n) is 8.92. The van der Waals surface area contributed by atoms with Crippen LogP contribution in [-0.4, -0.2) is 67.8 Å². The largest absolute Gasteiger partial charge is 0.494 e. The van der Waals surface area contributed by atoms with E-state index in [9.17, 15) is 17.6 Å². The maximum absolute atomic E-state index is 13.8. The Balaban J connectivity index is 0.00000392. The highest BCUT2D eigenvalue weighted by Gasteiger charge is 2.41. The second-order valence-electron chi connectivity index (χ2n) is 6.38. The minimum atomic E-state index is -4.22. The molecule has 28 heavy (non-hydrogen) atoms. The van der Waals surface area contributed by atoms with Gasteiger partial charge in [0.25, 0.3) is 0 Å². The molecule has 1 fully saturated rings. The molecule has 1 aliphatic heterocycles. The Kier molecular flexibility index (Phi) is 9.75. The van der Waals surface area contributed by atoms with Crippen molar-refractivity contribution in [1.82, 2.24) is 15.1 Å². The number of benzene rings is 1. The zero-order valence-corrected chi connectivity index (χ0v) is 18.6. The molecule has 1 atom stereocenters. The van der Waals surface area contributed by atoms with Crippen LogP contribution < -0.4 is 10.1 Å². The van der Waals surface area contributed by atoms with E-state index in [0.29, 0.717) is 44.2 Å². The van der Waals surface area contributed by atoms with Crippen molar-refractivity contribution in [1.29, 1.82) is 0 Å². The molecule has 5 nitrogen and oxygen atoms in total. The monoisotopic (exact) mass is 518 g/mol. The fourth-order valence-electron chi connectivity index (χ4n) is 2.93. The van der Waals surface area contributed by atoms with Crippen molar-refractivity contribution in [3.63, 3.8) is 0 Å². The van der Waals surface area contributed by atoms with Gasteiger partial charge in [-0.05, 0) is 31.5 Å². The lowest BCUT2D eigenvalue weighted by Crippen LogP contribution is -2.56. The topological polar surface area (TPSA) is 40.1 Å². The van der Waals surface area contributed by atoms with Crippen molar-refractivity contribution in [2.45, 2.75) is 32.6 Å². The highest BCUT2D eigenvalue weighted by Crippen LogP contribution is 2.25. The third-order valence-corrected chi connectivity index (χ3v) is 4.60. The molecule has 160 valence electrons. The van der Waals surface area contributed by atoms with Crippen molar-refractivity contribution < 1.29 is 22.3 Å². The number of halogens is 5. The van der Waals surface area contributed by atoms with E-state index in [1.165, 1.54) is 25.0 Å². The van der Waals surface area contributed by atoms with Gasteiger partial charge in [0.2, 0.25) is 0 Å². The van der Waals surface area contributed by atoms with Crippen molar-refractivity contribution in [3.8, 4) is 5.75 Å².